The van der Waals surface area contributed by atoms with Gasteiger partial charge in [0.25, 0.3) is 0 Å². The van der Waals surface area contributed by atoms with Gasteiger partial charge in [0.05, 0.1) is 28.7 Å². The van der Waals surface area contributed by atoms with E-state index >= 15 is 0 Å². The largest absolute Gasteiger partial charge is 0.492 e. The molecular formula is C26H28FN3O3S. The highest BCUT2D eigenvalue weighted by molar-refractivity contribution is 7.90. The predicted octanol–water partition coefficient (Wildman–Crippen LogP) is 4.87. The Hall–Kier alpha value is -3.23. The topological polar surface area (TPSA) is 73.2 Å². The molecule has 2 unspecified atom stereocenters. The lowest BCUT2D eigenvalue weighted by molar-refractivity contribution is 0.278. The minimum absolute atomic E-state index is 0.183. The van der Waals surface area contributed by atoms with Crippen LogP contribution in [0.25, 0.3) is 16.6 Å². The van der Waals surface area contributed by atoms with Gasteiger partial charge in [-0.05, 0) is 67.8 Å². The van der Waals surface area contributed by atoms with E-state index in [0.717, 1.165) is 22.2 Å². The minimum Gasteiger partial charge on any atom is -0.492 e. The summed E-state index contributed by atoms with van der Waals surface area (Å²) in [5, 5.41) is 4.79. The van der Waals surface area contributed by atoms with E-state index in [4.69, 9.17) is 4.74 Å². The number of ether oxygens (including phenoxy) is 1. The number of hydrogen-bond donors (Lipinski definition) is 1. The van der Waals surface area contributed by atoms with Crippen LogP contribution in [0.1, 0.15) is 25.8 Å². The van der Waals surface area contributed by atoms with Gasteiger partial charge in [-0.2, -0.15) is 5.10 Å². The zero-order chi connectivity index (χ0) is 24.1. The fraction of sp³-hybridized carbons (Fsp3) is 0.269. The van der Waals surface area contributed by atoms with E-state index in [-0.39, 0.29) is 12.4 Å². The molecule has 0 amide bonds. The summed E-state index contributed by atoms with van der Waals surface area (Å²) in [5.74, 6) is 0.317. The van der Waals surface area contributed by atoms with Crippen molar-refractivity contribution in [3.63, 3.8) is 0 Å². The molecule has 0 fully saturated rings. The van der Waals surface area contributed by atoms with Gasteiger partial charge in [-0.3, -0.25) is 0 Å². The first kappa shape index (κ1) is 23.9. The van der Waals surface area contributed by atoms with Gasteiger partial charge in [0.2, 0.25) is 10.0 Å². The lowest BCUT2D eigenvalue weighted by atomic mass is 10.1. The molecule has 0 saturated carbocycles. The highest BCUT2D eigenvalue weighted by Crippen LogP contribution is 2.24. The van der Waals surface area contributed by atoms with Gasteiger partial charge >= 0.3 is 0 Å². The standard InChI is InChI=1S/C26H28FN3O3S/c1-3-19(2)34(31,32)29-23(15-20-7-5-4-6-8-20)18-33-25-13-14-26-21(16-25)17-28-30(26)24-11-9-22(27)10-12-24/h4-14,16-17,19,23,29H,3,15,18H2,1-2H3. The second-order valence-corrected chi connectivity index (χ2v) is 10.5. The number of nitrogens with one attached hydrogen (secondary N) is 1. The summed E-state index contributed by atoms with van der Waals surface area (Å²) in [6, 6.07) is 21.0. The van der Waals surface area contributed by atoms with Crippen LogP contribution < -0.4 is 9.46 Å². The first-order chi connectivity index (χ1) is 16.4. The molecule has 0 radical (unpaired) electrons. The maximum absolute atomic E-state index is 13.3. The van der Waals surface area contributed by atoms with E-state index in [0.29, 0.717) is 18.6 Å². The third-order valence-electron chi connectivity index (χ3n) is 5.82. The van der Waals surface area contributed by atoms with Crippen molar-refractivity contribution in [1.82, 2.24) is 14.5 Å². The van der Waals surface area contributed by atoms with E-state index in [1.165, 1.54) is 12.1 Å². The van der Waals surface area contributed by atoms with Crippen LogP contribution in [0.4, 0.5) is 4.39 Å². The van der Waals surface area contributed by atoms with E-state index in [1.54, 1.807) is 29.9 Å². The normalized spacial score (nSPS) is 13.6. The number of benzene rings is 3. The smallest absolute Gasteiger partial charge is 0.214 e. The Morgan fingerprint density at radius 3 is 2.50 bits per heavy atom. The van der Waals surface area contributed by atoms with Crippen LogP contribution in [0, 0.1) is 5.82 Å². The minimum atomic E-state index is -3.47. The molecule has 0 spiro atoms. The average molecular weight is 482 g/mol. The molecule has 1 N–H and O–H groups in total. The van der Waals surface area contributed by atoms with Crippen LogP contribution in [-0.2, 0) is 16.4 Å². The van der Waals surface area contributed by atoms with Crippen LogP contribution in [0.2, 0.25) is 0 Å². The molecule has 3 aromatic carbocycles. The molecule has 8 heteroatoms. The Kier molecular flexibility index (Phi) is 7.29. The van der Waals surface area contributed by atoms with Gasteiger partial charge in [-0.25, -0.2) is 22.2 Å². The van der Waals surface area contributed by atoms with Crippen molar-refractivity contribution in [2.75, 3.05) is 6.61 Å². The molecule has 6 nitrogen and oxygen atoms in total. The zero-order valence-corrected chi connectivity index (χ0v) is 20.0. The fourth-order valence-corrected chi connectivity index (χ4v) is 4.97. The summed E-state index contributed by atoms with van der Waals surface area (Å²) in [6.07, 6.45) is 2.77. The molecule has 0 bridgehead atoms. The van der Waals surface area contributed by atoms with Crippen LogP contribution in [0.3, 0.4) is 0 Å². The van der Waals surface area contributed by atoms with Crippen molar-refractivity contribution in [3.8, 4) is 11.4 Å². The van der Waals surface area contributed by atoms with Crippen LogP contribution in [-0.4, -0.2) is 36.1 Å². The number of fused-ring (bicyclic) bond motifs is 1. The van der Waals surface area contributed by atoms with E-state index in [1.807, 2.05) is 55.5 Å². The van der Waals surface area contributed by atoms with E-state index in [9.17, 15) is 12.8 Å². The summed E-state index contributed by atoms with van der Waals surface area (Å²) in [6.45, 7) is 3.74. The molecule has 2 atom stereocenters. The van der Waals surface area contributed by atoms with Gasteiger partial charge in [0.1, 0.15) is 18.2 Å². The molecule has 4 rings (SSSR count). The van der Waals surface area contributed by atoms with Crippen molar-refractivity contribution in [3.05, 3.63) is 90.4 Å². The zero-order valence-electron chi connectivity index (χ0n) is 19.2. The number of rotatable bonds is 10. The van der Waals surface area contributed by atoms with Gasteiger partial charge in [0.15, 0.2) is 0 Å². The van der Waals surface area contributed by atoms with Crippen molar-refractivity contribution >= 4 is 20.9 Å². The number of hydrogen-bond acceptors (Lipinski definition) is 4. The molecule has 178 valence electrons. The average Bonchev–Trinajstić information content (AvgIpc) is 3.26. The summed E-state index contributed by atoms with van der Waals surface area (Å²) in [4.78, 5) is 0. The molecule has 1 aromatic heterocycles. The Balaban J connectivity index is 1.51. The molecular weight excluding hydrogens is 453 g/mol. The van der Waals surface area contributed by atoms with Crippen LogP contribution >= 0.6 is 0 Å². The van der Waals surface area contributed by atoms with Crippen molar-refractivity contribution < 1.29 is 17.5 Å². The number of halogens is 1. The van der Waals surface area contributed by atoms with Crippen LogP contribution in [0.15, 0.2) is 79.0 Å². The Morgan fingerprint density at radius 2 is 1.79 bits per heavy atom. The molecule has 0 aliphatic carbocycles. The lowest BCUT2D eigenvalue weighted by Crippen LogP contribution is -2.44. The quantitative estimate of drug-likeness (QED) is 0.351. The molecule has 1 heterocycles. The molecule has 4 aromatic rings. The third-order valence-corrected chi connectivity index (χ3v) is 7.88. The molecule has 0 saturated heterocycles. The van der Waals surface area contributed by atoms with E-state index < -0.39 is 21.3 Å². The van der Waals surface area contributed by atoms with Crippen molar-refractivity contribution in [1.29, 1.82) is 0 Å². The van der Waals surface area contributed by atoms with Crippen molar-refractivity contribution in [2.45, 2.75) is 38.0 Å². The first-order valence-electron chi connectivity index (χ1n) is 11.3. The van der Waals surface area contributed by atoms with Gasteiger partial charge in [-0.1, -0.05) is 37.3 Å². The highest BCUT2D eigenvalue weighted by Gasteiger charge is 2.24. The second kappa shape index (κ2) is 10.4. The highest BCUT2D eigenvalue weighted by atomic mass is 32.2. The van der Waals surface area contributed by atoms with Gasteiger partial charge in [0, 0.05) is 5.39 Å². The maximum atomic E-state index is 13.3. The Labute approximate surface area is 199 Å². The molecule has 34 heavy (non-hydrogen) atoms. The molecule has 0 aliphatic rings. The van der Waals surface area contributed by atoms with Gasteiger partial charge < -0.3 is 4.74 Å². The van der Waals surface area contributed by atoms with Crippen molar-refractivity contribution in [2.24, 2.45) is 0 Å². The summed E-state index contributed by atoms with van der Waals surface area (Å²) in [5.41, 5.74) is 2.64. The number of aromatic nitrogens is 2. The summed E-state index contributed by atoms with van der Waals surface area (Å²) in [7, 11) is -3.47. The number of sulfonamides is 1. The Morgan fingerprint density at radius 1 is 1.06 bits per heavy atom. The third kappa shape index (κ3) is 5.63. The van der Waals surface area contributed by atoms with Crippen LogP contribution in [0.5, 0.6) is 5.75 Å². The molecule has 0 aliphatic heterocycles. The monoisotopic (exact) mass is 481 g/mol. The van der Waals surface area contributed by atoms with Gasteiger partial charge in [-0.15, -0.1) is 0 Å². The predicted molar refractivity (Wildman–Crippen MR) is 132 cm³/mol. The fourth-order valence-electron chi connectivity index (χ4n) is 3.69. The Bertz CT molecular complexity index is 1340. The summed E-state index contributed by atoms with van der Waals surface area (Å²) >= 11 is 0. The SMILES string of the molecule is CCC(C)S(=O)(=O)NC(COc1ccc2c(cnn2-c2ccc(F)cc2)c1)Cc1ccccc1. The second-order valence-electron chi connectivity index (χ2n) is 8.33. The summed E-state index contributed by atoms with van der Waals surface area (Å²) < 4.78 is 49.3. The maximum Gasteiger partial charge on any atom is 0.214 e. The number of nitrogens with zero attached hydrogens (tertiary/aromatic N) is 2. The van der Waals surface area contributed by atoms with E-state index in [2.05, 4.69) is 9.82 Å². The first-order valence-corrected chi connectivity index (χ1v) is 12.8. The lowest BCUT2D eigenvalue weighted by Gasteiger charge is -2.22.